The molecule has 0 saturated heterocycles. The highest BCUT2D eigenvalue weighted by atomic mass is 32.2. The second-order valence-corrected chi connectivity index (χ2v) is 6.74. The fourth-order valence-corrected chi connectivity index (χ4v) is 2.22. The molecule has 0 radical (unpaired) electrons. The summed E-state index contributed by atoms with van der Waals surface area (Å²) in [4.78, 5) is 19.9. The van der Waals surface area contributed by atoms with Gasteiger partial charge in [0.1, 0.15) is 6.04 Å². The van der Waals surface area contributed by atoms with Gasteiger partial charge in [-0.25, -0.2) is 13.1 Å². The number of nitrogens with one attached hydrogen (secondary N) is 2. The standard InChI is InChI=1S/C13H17N5O4S/c1-9(16-11(19)5-7-15-23(2,20)21)13-17-12(18-22-13)10-4-3-6-14-8-10/h3-4,6,8-9,15H,5,7H2,1-2H3,(H,16,19)/t9-/m1/s1. The van der Waals surface area contributed by atoms with E-state index in [1.54, 1.807) is 31.5 Å². The van der Waals surface area contributed by atoms with Gasteiger partial charge in [-0.3, -0.25) is 9.78 Å². The molecule has 2 aromatic heterocycles. The zero-order valence-corrected chi connectivity index (χ0v) is 13.5. The first-order valence-corrected chi connectivity index (χ1v) is 8.72. The molecule has 23 heavy (non-hydrogen) atoms. The monoisotopic (exact) mass is 339 g/mol. The van der Waals surface area contributed by atoms with Gasteiger partial charge >= 0.3 is 0 Å². The van der Waals surface area contributed by atoms with Crippen LogP contribution in [0.3, 0.4) is 0 Å². The molecule has 0 saturated carbocycles. The molecule has 0 aliphatic carbocycles. The molecule has 0 spiro atoms. The van der Waals surface area contributed by atoms with E-state index in [2.05, 4.69) is 25.2 Å². The number of rotatable bonds is 7. The molecule has 0 unspecified atom stereocenters. The molecule has 0 aliphatic heterocycles. The number of amides is 1. The van der Waals surface area contributed by atoms with Crippen LogP contribution in [-0.2, 0) is 14.8 Å². The van der Waals surface area contributed by atoms with E-state index in [0.29, 0.717) is 11.4 Å². The predicted octanol–water partition coefficient (Wildman–Crippen LogP) is 0.248. The van der Waals surface area contributed by atoms with Crippen molar-refractivity contribution < 1.29 is 17.7 Å². The first-order chi connectivity index (χ1) is 10.8. The minimum atomic E-state index is -3.30. The largest absolute Gasteiger partial charge is 0.345 e. The van der Waals surface area contributed by atoms with Crippen molar-refractivity contribution in [3.05, 3.63) is 30.4 Å². The predicted molar refractivity (Wildman–Crippen MR) is 81.6 cm³/mol. The minimum Gasteiger partial charge on any atom is -0.345 e. The van der Waals surface area contributed by atoms with Gasteiger partial charge in [0.2, 0.25) is 27.6 Å². The minimum absolute atomic E-state index is 0.0149. The fraction of sp³-hybridized carbons (Fsp3) is 0.385. The number of pyridine rings is 1. The highest BCUT2D eigenvalue weighted by Crippen LogP contribution is 2.17. The van der Waals surface area contributed by atoms with Crippen molar-refractivity contribution in [2.45, 2.75) is 19.4 Å². The Bertz CT molecular complexity index is 760. The Hall–Kier alpha value is -2.33. The first kappa shape index (κ1) is 17.0. The van der Waals surface area contributed by atoms with Crippen molar-refractivity contribution in [2.75, 3.05) is 12.8 Å². The third kappa shape index (κ3) is 5.42. The molecular weight excluding hydrogens is 322 g/mol. The van der Waals surface area contributed by atoms with Crippen molar-refractivity contribution in [1.82, 2.24) is 25.2 Å². The van der Waals surface area contributed by atoms with Crippen LogP contribution in [0, 0.1) is 0 Å². The van der Waals surface area contributed by atoms with Gasteiger partial charge in [-0.15, -0.1) is 0 Å². The van der Waals surface area contributed by atoms with Crippen LogP contribution < -0.4 is 10.0 Å². The first-order valence-electron chi connectivity index (χ1n) is 6.83. The Morgan fingerprint density at radius 1 is 1.43 bits per heavy atom. The number of hydrogen-bond donors (Lipinski definition) is 2. The summed E-state index contributed by atoms with van der Waals surface area (Å²) in [5, 5.41) is 6.50. The van der Waals surface area contributed by atoms with Crippen LogP contribution in [0.25, 0.3) is 11.4 Å². The zero-order valence-electron chi connectivity index (χ0n) is 12.7. The Balaban J connectivity index is 1.90. The smallest absolute Gasteiger partial charge is 0.249 e. The molecule has 2 N–H and O–H groups in total. The van der Waals surface area contributed by atoms with E-state index >= 15 is 0 Å². The summed E-state index contributed by atoms with van der Waals surface area (Å²) in [7, 11) is -3.30. The third-order valence-electron chi connectivity index (χ3n) is 2.83. The second-order valence-electron chi connectivity index (χ2n) is 4.90. The third-order valence-corrected chi connectivity index (χ3v) is 3.55. The maximum absolute atomic E-state index is 11.7. The van der Waals surface area contributed by atoms with Gasteiger partial charge in [0.15, 0.2) is 0 Å². The Kier molecular flexibility index (Phi) is 5.40. The summed E-state index contributed by atoms with van der Waals surface area (Å²) in [5.74, 6) is 0.316. The Morgan fingerprint density at radius 3 is 2.87 bits per heavy atom. The molecule has 0 aromatic carbocycles. The molecule has 1 atom stereocenters. The number of carbonyl (C=O) groups is 1. The molecule has 1 amide bonds. The SMILES string of the molecule is C[C@@H](NC(=O)CCNS(C)(=O)=O)c1nc(-c2cccnc2)no1. The van der Waals surface area contributed by atoms with Crippen molar-refractivity contribution in [3.8, 4) is 11.4 Å². The van der Waals surface area contributed by atoms with Crippen molar-refractivity contribution in [3.63, 3.8) is 0 Å². The highest BCUT2D eigenvalue weighted by molar-refractivity contribution is 7.88. The van der Waals surface area contributed by atoms with E-state index in [9.17, 15) is 13.2 Å². The fourth-order valence-electron chi connectivity index (χ4n) is 1.75. The van der Waals surface area contributed by atoms with Crippen LogP contribution in [0.15, 0.2) is 29.0 Å². The van der Waals surface area contributed by atoms with E-state index in [1.165, 1.54) is 0 Å². The number of hydrogen-bond acceptors (Lipinski definition) is 7. The normalized spacial score (nSPS) is 12.8. The molecule has 0 aliphatic rings. The highest BCUT2D eigenvalue weighted by Gasteiger charge is 2.17. The quantitative estimate of drug-likeness (QED) is 0.740. The lowest BCUT2D eigenvalue weighted by atomic mass is 10.2. The number of nitrogens with zero attached hydrogens (tertiary/aromatic N) is 3. The molecule has 2 aromatic rings. The van der Waals surface area contributed by atoms with Crippen LogP contribution in [0.5, 0.6) is 0 Å². The number of aromatic nitrogens is 3. The average Bonchev–Trinajstić information content (AvgIpc) is 2.96. The number of carbonyl (C=O) groups excluding carboxylic acids is 1. The van der Waals surface area contributed by atoms with Crippen LogP contribution in [0.2, 0.25) is 0 Å². The van der Waals surface area contributed by atoms with E-state index < -0.39 is 16.1 Å². The van der Waals surface area contributed by atoms with Gasteiger partial charge in [-0.05, 0) is 19.1 Å². The van der Waals surface area contributed by atoms with E-state index in [-0.39, 0.29) is 24.8 Å². The van der Waals surface area contributed by atoms with E-state index in [0.717, 1.165) is 6.26 Å². The topological polar surface area (TPSA) is 127 Å². The summed E-state index contributed by atoms with van der Waals surface area (Å²) in [6.07, 6.45) is 4.29. The Morgan fingerprint density at radius 2 is 2.22 bits per heavy atom. The molecular formula is C13H17N5O4S. The van der Waals surface area contributed by atoms with Crippen LogP contribution in [-0.4, -0.2) is 42.3 Å². The number of sulfonamides is 1. The maximum atomic E-state index is 11.7. The van der Waals surface area contributed by atoms with E-state index in [1.807, 2.05) is 0 Å². The van der Waals surface area contributed by atoms with Gasteiger partial charge in [0, 0.05) is 30.9 Å². The van der Waals surface area contributed by atoms with E-state index in [4.69, 9.17) is 4.52 Å². The molecule has 10 heteroatoms. The molecule has 124 valence electrons. The van der Waals surface area contributed by atoms with Crippen molar-refractivity contribution in [2.24, 2.45) is 0 Å². The van der Waals surface area contributed by atoms with Crippen LogP contribution >= 0.6 is 0 Å². The molecule has 9 nitrogen and oxygen atoms in total. The zero-order chi connectivity index (χ0) is 16.9. The summed E-state index contributed by atoms with van der Waals surface area (Å²) in [6, 6.07) is 3.06. The average molecular weight is 339 g/mol. The Labute approximate surface area is 133 Å². The lowest BCUT2D eigenvalue weighted by Gasteiger charge is -2.09. The van der Waals surface area contributed by atoms with Crippen molar-refractivity contribution >= 4 is 15.9 Å². The van der Waals surface area contributed by atoms with Crippen LogP contribution in [0.4, 0.5) is 0 Å². The lowest BCUT2D eigenvalue weighted by Crippen LogP contribution is -2.31. The maximum Gasteiger partial charge on any atom is 0.249 e. The van der Waals surface area contributed by atoms with Crippen molar-refractivity contribution in [1.29, 1.82) is 0 Å². The summed E-state index contributed by atoms with van der Waals surface area (Å²) in [6.45, 7) is 1.73. The summed E-state index contributed by atoms with van der Waals surface area (Å²) in [5.41, 5.74) is 0.707. The lowest BCUT2D eigenvalue weighted by molar-refractivity contribution is -0.121. The molecule has 0 fully saturated rings. The van der Waals surface area contributed by atoms with Gasteiger partial charge < -0.3 is 9.84 Å². The van der Waals surface area contributed by atoms with Gasteiger partial charge in [-0.2, -0.15) is 4.98 Å². The second kappa shape index (κ2) is 7.29. The molecule has 0 bridgehead atoms. The van der Waals surface area contributed by atoms with Gasteiger partial charge in [0.25, 0.3) is 0 Å². The summed E-state index contributed by atoms with van der Waals surface area (Å²) < 4.78 is 29.2. The van der Waals surface area contributed by atoms with Gasteiger partial charge in [0.05, 0.1) is 6.26 Å². The molecule has 2 heterocycles. The van der Waals surface area contributed by atoms with Gasteiger partial charge in [-0.1, -0.05) is 5.16 Å². The van der Waals surface area contributed by atoms with Crippen LogP contribution in [0.1, 0.15) is 25.3 Å². The molecule has 2 rings (SSSR count). The summed E-state index contributed by atoms with van der Waals surface area (Å²) >= 11 is 0.